The molecule has 7 heteroatoms. The van der Waals surface area contributed by atoms with Gasteiger partial charge in [-0.3, -0.25) is 4.79 Å². The fourth-order valence-corrected chi connectivity index (χ4v) is 3.15. The first-order valence-electron chi connectivity index (χ1n) is 9.29. The number of aryl methyl sites for hydroxylation is 1. The van der Waals surface area contributed by atoms with Crippen LogP contribution in [-0.2, 0) is 0 Å². The Morgan fingerprint density at radius 3 is 2.37 bits per heavy atom. The largest absolute Gasteiger partial charge is 0.497 e. The predicted octanol–water partition coefficient (Wildman–Crippen LogP) is 5.16. The molecular weight excluding hydrogens is 400 g/mol. The molecule has 30 heavy (non-hydrogen) atoms. The molecule has 0 atom stereocenters. The summed E-state index contributed by atoms with van der Waals surface area (Å²) in [5.41, 5.74) is 3.29. The number of amides is 1. The Hall–Kier alpha value is -3.64. The van der Waals surface area contributed by atoms with Crippen LogP contribution in [0.3, 0.4) is 0 Å². The third-order valence-corrected chi connectivity index (χ3v) is 4.86. The zero-order valence-electron chi connectivity index (χ0n) is 16.5. The van der Waals surface area contributed by atoms with Gasteiger partial charge in [0.2, 0.25) is 5.82 Å². The Balaban J connectivity index is 1.73. The minimum atomic E-state index is -0.400. The molecule has 3 aromatic carbocycles. The maximum atomic E-state index is 12.8. The first-order valence-corrected chi connectivity index (χ1v) is 9.67. The lowest BCUT2D eigenvalue weighted by Gasteiger charge is -2.08. The van der Waals surface area contributed by atoms with Crippen LogP contribution in [0, 0.1) is 6.92 Å². The van der Waals surface area contributed by atoms with E-state index in [0.717, 1.165) is 16.8 Å². The molecule has 4 rings (SSSR count). The maximum Gasteiger partial charge on any atom is 0.295 e. The Morgan fingerprint density at radius 2 is 1.70 bits per heavy atom. The van der Waals surface area contributed by atoms with E-state index < -0.39 is 5.91 Å². The number of ether oxygens (including phenoxy) is 1. The van der Waals surface area contributed by atoms with Gasteiger partial charge in [0, 0.05) is 16.3 Å². The van der Waals surface area contributed by atoms with Crippen molar-refractivity contribution >= 4 is 23.2 Å². The molecule has 0 unspecified atom stereocenters. The minimum Gasteiger partial charge on any atom is -0.497 e. The summed E-state index contributed by atoms with van der Waals surface area (Å²) in [5.74, 6) is 0.933. The van der Waals surface area contributed by atoms with Gasteiger partial charge in [-0.1, -0.05) is 29.8 Å². The van der Waals surface area contributed by atoms with Crippen LogP contribution in [0.1, 0.15) is 16.2 Å². The highest BCUT2D eigenvalue weighted by atomic mass is 35.5. The number of hydrogen-bond donors (Lipinski definition) is 1. The lowest BCUT2D eigenvalue weighted by Crippen LogP contribution is -2.14. The molecule has 0 bridgehead atoms. The van der Waals surface area contributed by atoms with E-state index in [9.17, 15) is 4.79 Å². The number of carbonyl (C=O) groups is 1. The van der Waals surface area contributed by atoms with Crippen molar-refractivity contribution in [2.75, 3.05) is 12.4 Å². The van der Waals surface area contributed by atoms with Crippen LogP contribution in [0.2, 0.25) is 5.02 Å². The van der Waals surface area contributed by atoms with Gasteiger partial charge >= 0.3 is 0 Å². The fraction of sp³-hybridized carbons (Fsp3) is 0.0870. The lowest BCUT2D eigenvalue weighted by molar-refractivity contribution is 0.101. The van der Waals surface area contributed by atoms with Gasteiger partial charge in [0.05, 0.1) is 12.8 Å². The number of aromatic nitrogens is 3. The topological polar surface area (TPSA) is 69.0 Å². The van der Waals surface area contributed by atoms with Crippen LogP contribution in [0.5, 0.6) is 5.75 Å². The zero-order chi connectivity index (χ0) is 21.1. The molecule has 0 fully saturated rings. The van der Waals surface area contributed by atoms with Gasteiger partial charge in [0.25, 0.3) is 5.91 Å². The van der Waals surface area contributed by atoms with Gasteiger partial charge < -0.3 is 10.1 Å². The number of nitrogens with one attached hydrogen (secondary N) is 1. The quantitative estimate of drug-likeness (QED) is 0.486. The van der Waals surface area contributed by atoms with Gasteiger partial charge in [-0.05, 0) is 67.1 Å². The monoisotopic (exact) mass is 418 g/mol. The zero-order valence-corrected chi connectivity index (χ0v) is 17.2. The molecule has 0 aliphatic carbocycles. The summed E-state index contributed by atoms with van der Waals surface area (Å²) in [6.45, 7) is 1.99. The number of hydrogen-bond acceptors (Lipinski definition) is 4. The summed E-state index contributed by atoms with van der Waals surface area (Å²) in [5, 5.41) is 7.95. The Labute approximate surface area is 179 Å². The average Bonchev–Trinajstić information content (AvgIpc) is 3.20. The van der Waals surface area contributed by atoms with Crippen LogP contribution in [-0.4, -0.2) is 27.8 Å². The number of anilines is 1. The van der Waals surface area contributed by atoms with Crippen LogP contribution in [0.4, 0.5) is 5.69 Å². The molecule has 0 saturated heterocycles. The molecule has 0 aliphatic heterocycles. The third kappa shape index (κ3) is 4.04. The van der Waals surface area contributed by atoms with Gasteiger partial charge in [-0.15, -0.1) is 5.10 Å². The summed E-state index contributed by atoms with van der Waals surface area (Å²) in [6, 6.07) is 22.1. The standard InChI is InChI=1S/C23H19ClN4O2/c1-15-5-3-4-6-20(15)28-22(16-7-9-17(24)10-8-16)26-21(27-28)23(29)25-18-11-13-19(30-2)14-12-18/h3-14H,1-2H3,(H,25,29). The van der Waals surface area contributed by atoms with Crippen LogP contribution >= 0.6 is 11.6 Å². The molecule has 0 saturated carbocycles. The molecule has 150 valence electrons. The van der Waals surface area contributed by atoms with E-state index in [1.165, 1.54) is 0 Å². The highest BCUT2D eigenvalue weighted by Gasteiger charge is 2.20. The van der Waals surface area contributed by atoms with E-state index in [1.54, 1.807) is 48.2 Å². The third-order valence-electron chi connectivity index (χ3n) is 4.60. The van der Waals surface area contributed by atoms with E-state index in [0.29, 0.717) is 22.3 Å². The van der Waals surface area contributed by atoms with Gasteiger partial charge in [-0.25, -0.2) is 9.67 Å². The molecule has 6 nitrogen and oxygen atoms in total. The second-order valence-corrected chi connectivity index (χ2v) is 7.08. The summed E-state index contributed by atoms with van der Waals surface area (Å²) >= 11 is 6.03. The second-order valence-electron chi connectivity index (χ2n) is 6.65. The van der Waals surface area contributed by atoms with Crippen molar-refractivity contribution in [3.05, 3.63) is 89.2 Å². The fourth-order valence-electron chi connectivity index (χ4n) is 3.02. The van der Waals surface area contributed by atoms with Gasteiger partial charge in [0.1, 0.15) is 5.75 Å². The lowest BCUT2D eigenvalue weighted by atomic mass is 10.2. The number of benzene rings is 3. The van der Waals surface area contributed by atoms with E-state index in [2.05, 4.69) is 15.4 Å². The van der Waals surface area contributed by atoms with Crippen molar-refractivity contribution in [1.82, 2.24) is 14.8 Å². The van der Waals surface area contributed by atoms with Crippen molar-refractivity contribution in [2.45, 2.75) is 6.92 Å². The highest BCUT2D eigenvalue weighted by Crippen LogP contribution is 2.25. The average molecular weight is 419 g/mol. The number of rotatable bonds is 5. The van der Waals surface area contributed by atoms with E-state index in [-0.39, 0.29) is 5.82 Å². The number of nitrogens with zero attached hydrogens (tertiary/aromatic N) is 3. The maximum absolute atomic E-state index is 12.8. The molecular formula is C23H19ClN4O2. The first kappa shape index (κ1) is 19.7. The van der Waals surface area contributed by atoms with Gasteiger partial charge in [-0.2, -0.15) is 0 Å². The SMILES string of the molecule is COc1ccc(NC(=O)c2nc(-c3ccc(Cl)cc3)n(-c3ccccc3C)n2)cc1. The molecule has 0 radical (unpaired) electrons. The van der Waals surface area contributed by atoms with E-state index in [4.69, 9.17) is 16.3 Å². The van der Waals surface area contributed by atoms with E-state index in [1.807, 2.05) is 43.3 Å². The van der Waals surface area contributed by atoms with Crippen molar-refractivity contribution in [2.24, 2.45) is 0 Å². The smallest absolute Gasteiger partial charge is 0.295 e. The molecule has 1 N–H and O–H groups in total. The second kappa shape index (κ2) is 8.39. The summed E-state index contributed by atoms with van der Waals surface area (Å²) in [6.07, 6.45) is 0. The number of halogens is 1. The van der Waals surface area contributed by atoms with Crippen molar-refractivity contribution in [1.29, 1.82) is 0 Å². The molecule has 1 amide bonds. The Morgan fingerprint density at radius 1 is 1.00 bits per heavy atom. The van der Waals surface area contributed by atoms with Crippen molar-refractivity contribution in [3.8, 4) is 22.8 Å². The molecule has 0 spiro atoms. The van der Waals surface area contributed by atoms with Crippen molar-refractivity contribution < 1.29 is 9.53 Å². The summed E-state index contributed by atoms with van der Waals surface area (Å²) in [7, 11) is 1.59. The summed E-state index contributed by atoms with van der Waals surface area (Å²) in [4.78, 5) is 17.4. The number of para-hydroxylation sites is 1. The minimum absolute atomic E-state index is 0.0685. The predicted molar refractivity (Wildman–Crippen MR) is 117 cm³/mol. The normalized spacial score (nSPS) is 10.6. The molecule has 4 aromatic rings. The molecule has 0 aliphatic rings. The van der Waals surface area contributed by atoms with Crippen LogP contribution in [0.25, 0.3) is 17.1 Å². The molecule has 1 heterocycles. The Bertz CT molecular complexity index is 1180. The van der Waals surface area contributed by atoms with Crippen molar-refractivity contribution in [3.63, 3.8) is 0 Å². The van der Waals surface area contributed by atoms with Gasteiger partial charge in [0.15, 0.2) is 5.82 Å². The van der Waals surface area contributed by atoms with E-state index >= 15 is 0 Å². The van der Waals surface area contributed by atoms with Crippen LogP contribution < -0.4 is 10.1 Å². The van der Waals surface area contributed by atoms with Crippen LogP contribution in [0.15, 0.2) is 72.8 Å². The number of methoxy groups -OCH3 is 1. The molecule has 1 aromatic heterocycles. The summed E-state index contributed by atoms with van der Waals surface area (Å²) < 4.78 is 6.83. The number of carbonyl (C=O) groups excluding carboxylic acids is 1. The first-order chi connectivity index (χ1) is 14.5. The highest BCUT2D eigenvalue weighted by molar-refractivity contribution is 6.30. The Kier molecular flexibility index (Phi) is 5.50.